The number of imidazole rings is 1. The molecule has 1 fully saturated rings. The van der Waals surface area contributed by atoms with Gasteiger partial charge in [-0.05, 0) is 49.7 Å². The van der Waals surface area contributed by atoms with Crippen LogP contribution in [0.5, 0.6) is 0 Å². The summed E-state index contributed by atoms with van der Waals surface area (Å²) < 4.78 is 0. The highest BCUT2D eigenvalue weighted by Crippen LogP contribution is 2.29. The number of aromatic amines is 2. The van der Waals surface area contributed by atoms with Gasteiger partial charge in [0.1, 0.15) is 5.69 Å². The van der Waals surface area contributed by atoms with Gasteiger partial charge in [0.25, 0.3) is 0 Å². The van der Waals surface area contributed by atoms with Crippen LogP contribution in [-0.4, -0.2) is 53.1 Å². The van der Waals surface area contributed by atoms with Crippen LogP contribution < -0.4 is 0 Å². The van der Waals surface area contributed by atoms with E-state index in [9.17, 15) is 0 Å². The first-order valence-corrected chi connectivity index (χ1v) is 10.6. The molecule has 154 valence electrons. The number of hydrogen-bond donors (Lipinski definition) is 2. The number of piperidine rings is 1. The molecular weight excluding hydrogens is 388 g/mol. The molecule has 1 aliphatic rings. The highest BCUT2D eigenvalue weighted by Gasteiger charge is 2.15. The molecule has 2 N–H and O–H groups in total. The lowest BCUT2D eigenvalue weighted by Crippen LogP contribution is -2.29. The maximum Gasteiger partial charge on any atom is 0.159 e. The summed E-state index contributed by atoms with van der Waals surface area (Å²) in [5, 5.41) is 8.40. The number of nitrogens with zero attached hydrogens (tertiary/aromatic N) is 6. The standard InChI is InChI=1S/C23H22N8/c1-2-6-31(7-3-1)14-15-8-16(11-25-10-15)17-9-18-21(29-30-22(18)26-12-17)23-27-19-4-5-24-13-20(19)28-23/h4-5,8-13H,1-3,6-7,14H2,(H,27,28)(H,26,29,30). The third kappa shape index (κ3) is 3.44. The van der Waals surface area contributed by atoms with Crippen LogP contribution in [0, 0.1) is 0 Å². The van der Waals surface area contributed by atoms with E-state index >= 15 is 0 Å². The Morgan fingerprint density at radius 2 is 1.84 bits per heavy atom. The number of likely N-dealkylation sites (tertiary alicyclic amines) is 1. The third-order valence-electron chi connectivity index (χ3n) is 5.91. The Labute approximate surface area is 178 Å². The molecule has 8 nitrogen and oxygen atoms in total. The average molecular weight is 410 g/mol. The first-order valence-electron chi connectivity index (χ1n) is 10.6. The predicted molar refractivity (Wildman–Crippen MR) is 119 cm³/mol. The summed E-state index contributed by atoms with van der Waals surface area (Å²) in [5.41, 5.74) is 6.53. The third-order valence-corrected chi connectivity index (χ3v) is 5.91. The van der Waals surface area contributed by atoms with Crippen molar-refractivity contribution in [1.29, 1.82) is 0 Å². The molecule has 8 heteroatoms. The van der Waals surface area contributed by atoms with Gasteiger partial charge in [0.2, 0.25) is 0 Å². The van der Waals surface area contributed by atoms with Crippen molar-refractivity contribution in [2.45, 2.75) is 25.8 Å². The van der Waals surface area contributed by atoms with Crippen LogP contribution in [0.1, 0.15) is 24.8 Å². The first kappa shape index (κ1) is 18.1. The van der Waals surface area contributed by atoms with Crippen LogP contribution >= 0.6 is 0 Å². The SMILES string of the molecule is c1cc2nc(-c3n[nH]c4ncc(-c5cncc(CN6CCCCC6)c5)cc34)[nH]c2cn1. The molecule has 1 aliphatic heterocycles. The van der Waals surface area contributed by atoms with Gasteiger partial charge in [0, 0.05) is 42.5 Å². The van der Waals surface area contributed by atoms with Crippen LogP contribution in [0.3, 0.4) is 0 Å². The molecule has 31 heavy (non-hydrogen) atoms. The van der Waals surface area contributed by atoms with Gasteiger partial charge in [0.05, 0.1) is 22.6 Å². The van der Waals surface area contributed by atoms with Crippen molar-refractivity contribution in [2.75, 3.05) is 13.1 Å². The van der Waals surface area contributed by atoms with Crippen LogP contribution in [0.2, 0.25) is 0 Å². The molecule has 0 unspecified atom stereocenters. The van der Waals surface area contributed by atoms with Gasteiger partial charge in [-0.2, -0.15) is 5.10 Å². The number of pyridine rings is 3. The Bertz CT molecular complexity index is 1330. The van der Waals surface area contributed by atoms with Crippen molar-refractivity contribution in [2.24, 2.45) is 0 Å². The summed E-state index contributed by atoms with van der Waals surface area (Å²) >= 11 is 0. The quantitative estimate of drug-likeness (QED) is 0.465. The van der Waals surface area contributed by atoms with Crippen LogP contribution in [0.25, 0.3) is 44.7 Å². The molecule has 6 rings (SSSR count). The molecule has 5 aromatic heterocycles. The lowest BCUT2D eigenvalue weighted by Gasteiger charge is -2.26. The van der Waals surface area contributed by atoms with Gasteiger partial charge in [-0.3, -0.25) is 20.0 Å². The predicted octanol–water partition coefficient (Wildman–Crippen LogP) is 3.94. The Balaban J connectivity index is 1.36. The van der Waals surface area contributed by atoms with Gasteiger partial charge in [-0.25, -0.2) is 9.97 Å². The summed E-state index contributed by atoms with van der Waals surface area (Å²) in [6.07, 6.45) is 13.2. The summed E-state index contributed by atoms with van der Waals surface area (Å²) in [6.45, 7) is 3.28. The van der Waals surface area contributed by atoms with E-state index < -0.39 is 0 Å². The van der Waals surface area contributed by atoms with E-state index in [0.717, 1.165) is 45.4 Å². The van der Waals surface area contributed by atoms with Crippen LogP contribution in [0.4, 0.5) is 0 Å². The van der Waals surface area contributed by atoms with Gasteiger partial charge >= 0.3 is 0 Å². The Hall–Kier alpha value is -3.65. The molecule has 0 radical (unpaired) electrons. The number of rotatable bonds is 4. The van der Waals surface area contributed by atoms with Gasteiger partial charge in [0.15, 0.2) is 11.5 Å². The lowest BCUT2D eigenvalue weighted by molar-refractivity contribution is 0.220. The fourth-order valence-corrected chi connectivity index (χ4v) is 4.32. The van der Waals surface area contributed by atoms with E-state index in [0.29, 0.717) is 5.82 Å². The highest BCUT2D eigenvalue weighted by atomic mass is 15.2. The maximum absolute atomic E-state index is 4.66. The minimum absolute atomic E-state index is 0.699. The zero-order valence-corrected chi connectivity index (χ0v) is 17.0. The number of H-pyrrole nitrogens is 2. The molecule has 0 spiro atoms. The molecular formula is C23H22N8. The van der Waals surface area contributed by atoms with Crippen molar-refractivity contribution in [3.8, 4) is 22.6 Å². The summed E-state index contributed by atoms with van der Waals surface area (Å²) in [5.74, 6) is 0.699. The summed E-state index contributed by atoms with van der Waals surface area (Å²) in [4.78, 5) is 23.7. The molecule has 0 saturated carbocycles. The van der Waals surface area contributed by atoms with E-state index in [1.807, 2.05) is 24.7 Å². The minimum Gasteiger partial charge on any atom is -0.335 e. The van der Waals surface area contributed by atoms with Gasteiger partial charge < -0.3 is 4.98 Å². The largest absolute Gasteiger partial charge is 0.335 e. The number of fused-ring (bicyclic) bond motifs is 2. The highest BCUT2D eigenvalue weighted by molar-refractivity contribution is 5.93. The van der Waals surface area contributed by atoms with E-state index in [1.54, 1.807) is 12.4 Å². The molecule has 0 amide bonds. The van der Waals surface area contributed by atoms with Crippen LogP contribution in [0.15, 0.2) is 49.2 Å². The van der Waals surface area contributed by atoms with Crippen molar-refractivity contribution in [3.05, 3.63) is 54.7 Å². The van der Waals surface area contributed by atoms with Gasteiger partial charge in [-0.1, -0.05) is 6.42 Å². The first-order chi connectivity index (χ1) is 15.3. The number of nitrogens with one attached hydrogen (secondary N) is 2. The second-order valence-corrected chi connectivity index (χ2v) is 8.09. The van der Waals surface area contributed by atoms with E-state index in [2.05, 4.69) is 52.1 Å². The Kier molecular flexibility index (Phi) is 4.42. The van der Waals surface area contributed by atoms with Crippen molar-refractivity contribution in [3.63, 3.8) is 0 Å². The molecule has 6 heterocycles. The van der Waals surface area contributed by atoms with E-state index in [1.165, 1.54) is 37.9 Å². The second kappa shape index (κ2) is 7.55. The minimum atomic E-state index is 0.699. The zero-order valence-electron chi connectivity index (χ0n) is 17.0. The Morgan fingerprint density at radius 1 is 0.935 bits per heavy atom. The van der Waals surface area contributed by atoms with E-state index in [-0.39, 0.29) is 0 Å². The maximum atomic E-state index is 4.66. The zero-order chi connectivity index (χ0) is 20.6. The lowest BCUT2D eigenvalue weighted by atomic mass is 10.1. The molecule has 0 aliphatic carbocycles. The topological polar surface area (TPSA) is 99.3 Å². The second-order valence-electron chi connectivity index (χ2n) is 8.09. The van der Waals surface area contributed by atoms with Gasteiger partial charge in [-0.15, -0.1) is 0 Å². The summed E-state index contributed by atoms with van der Waals surface area (Å²) in [7, 11) is 0. The summed E-state index contributed by atoms with van der Waals surface area (Å²) in [6, 6.07) is 6.21. The Morgan fingerprint density at radius 3 is 2.74 bits per heavy atom. The average Bonchev–Trinajstić information content (AvgIpc) is 3.43. The van der Waals surface area contributed by atoms with Crippen molar-refractivity contribution < 1.29 is 0 Å². The van der Waals surface area contributed by atoms with Crippen molar-refractivity contribution in [1.82, 2.24) is 40.0 Å². The fraction of sp³-hybridized carbons (Fsp3) is 0.261. The smallest absolute Gasteiger partial charge is 0.159 e. The normalized spacial score (nSPS) is 15.1. The fourth-order valence-electron chi connectivity index (χ4n) is 4.32. The van der Waals surface area contributed by atoms with Crippen molar-refractivity contribution >= 4 is 22.1 Å². The monoisotopic (exact) mass is 410 g/mol. The molecule has 0 aromatic carbocycles. The molecule has 1 saturated heterocycles. The molecule has 0 bridgehead atoms. The molecule has 5 aromatic rings. The number of aromatic nitrogens is 7. The van der Waals surface area contributed by atoms with E-state index in [4.69, 9.17) is 0 Å². The van der Waals surface area contributed by atoms with Crippen LogP contribution in [-0.2, 0) is 6.54 Å². The molecule has 0 atom stereocenters. The number of hydrogen-bond acceptors (Lipinski definition) is 6.